The van der Waals surface area contributed by atoms with Gasteiger partial charge in [-0.15, -0.1) is 0 Å². The molecule has 0 N–H and O–H groups in total. The minimum atomic E-state index is -0.269. The second-order valence-electron chi connectivity index (χ2n) is 7.49. The van der Waals surface area contributed by atoms with Gasteiger partial charge in [0.05, 0.1) is 18.2 Å². The van der Waals surface area contributed by atoms with Gasteiger partial charge in [-0.25, -0.2) is 4.90 Å². The van der Waals surface area contributed by atoms with Crippen LogP contribution in [0.25, 0.3) is 0 Å². The average molecular weight is 341 g/mol. The lowest BCUT2D eigenvalue weighted by molar-refractivity contribution is -0.123. The van der Waals surface area contributed by atoms with Crippen molar-refractivity contribution in [3.8, 4) is 0 Å². The van der Waals surface area contributed by atoms with Crippen molar-refractivity contribution in [1.29, 1.82) is 0 Å². The van der Waals surface area contributed by atoms with Gasteiger partial charge in [0.2, 0.25) is 5.91 Å². The van der Waals surface area contributed by atoms with Crippen LogP contribution < -0.4 is 4.90 Å². The third-order valence-corrected chi connectivity index (χ3v) is 5.98. The Morgan fingerprint density at radius 2 is 1.48 bits per heavy atom. The van der Waals surface area contributed by atoms with E-state index in [0.29, 0.717) is 18.2 Å². The van der Waals surface area contributed by atoms with Crippen LogP contribution in [0.3, 0.4) is 0 Å². The third kappa shape index (κ3) is 3.35. The summed E-state index contributed by atoms with van der Waals surface area (Å²) in [6, 6.07) is 9.70. The smallest absolute Gasteiger partial charge is 0.251 e. The van der Waals surface area contributed by atoms with E-state index in [2.05, 4.69) is 9.80 Å². The SMILES string of the molecule is O=C1C[C@@H](N2CCC(N3CCCCC3)CC2)C(=O)N1c1ccccc1. The zero-order chi connectivity index (χ0) is 17.2. The van der Waals surface area contributed by atoms with E-state index in [0.717, 1.165) is 25.9 Å². The van der Waals surface area contributed by atoms with E-state index >= 15 is 0 Å². The van der Waals surface area contributed by atoms with Crippen molar-refractivity contribution in [3.63, 3.8) is 0 Å². The topological polar surface area (TPSA) is 43.9 Å². The first-order chi connectivity index (χ1) is 12.2. The first kappa shape index (κ1) is 16.7. The highest BCUT2D eigenvalue weighted by molar-refractivity contribution is 6.22. The minimum absolute atomic E-state index is 0.0485. The van der Waals surface area contributed by atoms with Gasteiger partial charge < -0.3 is 4.90 Å². The molecule has 0 aromatic heterocycles. The lowest BCUT2D eigenvalue weighted by atomic mass is 9.98. The molecule has 3 fully saturated rings. The van der Waals surface area contributed by atoms with Gasteiger partial charge in [-0.1, -0.05) is 24.6 Å². The summed E-state index contributed by atoms with van der Waals surface area (Å²) >= 11 is 0. The highest BCUT2D eigenvalue weighted by Gasteiger charge is 2.43. The van der Waals surface area contributed by atoms with Gasteiger partial charge in [0.15, 0.2) is 0 Å². The van der Waals surface area contributed by atoms with Crippen LogP contribution in [-0.4, -0.2) is 59.9 Å². The molecule has 3 aliphatic heterocycles. The maximum absolute atomic E-state index is 12.9. The fraction of sp³-hybridized carbons (Fsp3) is 0.600. The van der Waals surface area contributed by atoms with Crippen LogP contribution >= 0.6 is 0 Å². The number of benzene rings is 1. The Balaban J connectivity index is 1.38. The standard InChI is InChI=1S/C20H27N3O2/c24-19-15-18(20(25)23(19)17-7-3-1-4-8-17)22-13-9-16(10-14-22)21-11-5-2-6-12-21/h1,3-4,7-8,16,18H,2,5-6,9-15H2/t18-/m1/s1. The molecule has 5 heteroatoms. The second-order valence-corrected chi connectivity index (χ2v) is 7.49. The lowest BCUT2D eigenvalue weighted by Gasteiger charge is -2.41. The number of para-hydroxylation sites is 1. The quantitative estimate of drug-likeness (QED) is 0.791. The predicted octanol–water partition coefficient (Wildman–Crippen LogP) is 2.27. The number of hydrogen-bond acceptors (Lipinski definition) is 4. The summed E-state index contributed by atoms with van der Waals surface area (Å²) < 4.78 is 0. The molecule has 0 saturated carbocycles. The molecule has 5 nitrogen and oxygen atoms in total. The van der Waals surface area contributed by atoms with Crippen LogP contribution in [0, 0.1) is 0 Å². The fourth-order valence-corrected chi connectivity index (χ4v) is 4.60. The number of carbonyl (C=O) groups is 2. The monoisotopic (exact) mass is 341 g/mol. The van der Waals surface area contributed by atoms with E-state index in [1.807, 2.05) is 30.3 Å². The number of piperidine rings is 2. The average Bonchev–Trinajstić information content (AvgIpc) is 2.97. The largest absolute Gasteiger partial charge is 0.300 e. The molecule has 1 aromatic rings. The maximum Gasteiger partial charge on any atom is 0.251 e. The first-order valence-corrected chi connectivity index (χ1v) is 9.64. The Hall–Kier alpha value is -1.72. The maximum atomic E-state index is 12.9. The molecule has 0 unspecified atom stereocenters. The molecule has 0 aliphatic carbocycles. The molecule has 3 saturated heterocycles. The summed E-state index contributed by atoms with van der Waals surface area (Å²) in [4.78, 5) is 31.5. The molecule has 1 atom stereocenters. The number of likely N-dealkylation sites (tertiary alicyclic amines) is 2. The first-order valence-electron chi connectivity index (χ1n) is 9.64. The Bertz CT molecular complexity index is 619. The van der Waals surface area contributed by atoms with Crippen molar-refractivity contribution in [3.05, 3.63) is 30.3 Å². The molecular weight excluding hydrogens is 314 g/mol. The Labute approximate surface area is 149 Å². The van der Waals surface area contributed by atoms with Crippen molar-refractivity contribution in [2.24, 2.45) is 0 Å². The zero-order valence-electron chi connectivity index (χ0n) is 14.8. The summed E-state index contributed by atoms with van der Waals surface area (Å²) in [5.74, 6) is -0.119. The summed E-state index contributed by atoms with van der Waals surface area (Å²) in [7, 11) is 0. The van der Waals surface area contributed by atoms with Crippen LogP contribution in [0.5, 0.6) is 0 Å². The minimum Gasteiger partial charge on any atom is -0.300 e. The van der Waals surface area contributed by atoms with Crippen LogP contribution in [0.2, 0.25) is 0 Å². The molecule has 2 amide bonds. The van der Waals surface area contributed by atoms with Crippen molar-refractivity contribution in [2.45, 2.75) is 50.6 Å². The van der Waals surface area contributed by atoms with Gasteiger partial charge in [0.1, 0.15) is 0 Å². The molecule has 3 aliphatic rings. The van der Waals surface area contributed by atoms with Crippen molar-refractivity contribution in [1.82, 2.24) is 9.80 Å². The Morgan fingerprint density at radius 3 is 2.16 bits per heavy atom. The summed E-state index contributed by atoms with van der Waals surface area (Å²) in [5, 5.41) is 0. The van der Waals surface area contributed by atoms with Crippen molar-refractivity contribution in [2.75, 3.05) is 31.1 Å². The van der Waals surface area contributed by atoms with E-state index in [-0.39, 0.29) is 17.9 Å². The normalized spacial score (nSPS) is 27.2. The number of nitrogens with zero attached hydrogens (tertiary/aromatic N) is 3. The summed E-state index contributed by atoms with van der Waals surface area (Å²) in [5.41, 5.74) is 0.697. The van der Waals surface area contributed by atoms with E-state index in [1.165, 1.54) is 37.3 Å². The lowest BCUT2D eigenvalue weighted by Crippen LogP contribution is -2.51. The second kappa shape index (κ2) is 7.26. The van der Waals surface area contributed by atoms with E-state index in [1.54, 1.807) is 0 Å². The Morgan fingerprint density at radius 1 is 0.800 bits per heavy atom. The van der Waals surface area contributed by atoms with Crippen molar-refractivity contribution < 1.29 is 9.59 Å². The number of imide groups is 1. The number of carbonyl (C=O) groups excluding carboxylic acids is 2. The fourth-order valence-electron chi connectivity index (χ4n) is 4.60. The van der Waals surface area contributed by atoms with Gasteiger partial charge in [-0.2, -0.15) is 0 Å². The molecule has 25 heavy (non-hydrogen) atoms. The Kier molecular flexibility index (Phi) is 4.86. The van der Waals surface area contributed by atoms with Crippen LogP contribution in [0.4, 0.5) is 5.69 Å². The third-order valence-electron chi connectivity index (χ3n) is 5.98. The molecule has 0 spiro atoms. The number of rotatable bonds is 3. The van der Waals surface area contributed by atoms with Gasteiger partial charge in [-0.3, -0.25) is 14.5 Å². The highest BCUT2D eigenvalue weighted by Crippen LogP contribution is 2.28. The van der Waals surface area contributed by atoms with Crippen LogP contribution in [-0.2, 0) is 9.59 Å². The molecule has 134 valence electrons. The number of anilines is 1. The number of hydrogen-bond donors (Lipinski definition) is 0. The molecular formula is C20H27N3O2. The highest BCUT2D eigenvalue weighted by atomic mass is 16.2. The van der Waals surface area contributed by atoms with E-state index in [9.17, 15) is 9.59 Å². The molecule has 1 aromatic carbocycles. The van der Waals surface area contributed by atoms with Crippen LogP contribution in [0.15, 0.2) is 30.3 Å². The van der Waals surface area contributed by atoms with E-state index in [4.69, 9.17) is 0 Å². The van der Waals surface area contributed by atoms with Crippen LogP contribution in [0.1, 0.15) is 38.5 Å². The predicted molar refractivity (Wildman–Crippen MR) is 97.4 cm³/mol. The van der Waals surface area contributed by atoms with E-state index < -0.39 is 0 Å². The van der Waals surface area contributed by atoms with Crippen molar-refractivity contribution >= 4 is 17.5 Å². The zero-order valence-corrected chi connectivity index (χ0v) is 14.8. The van der Waals surface area contributed by atoms with Gasteiger partial charge >= 0.3 is 0 Å². The number of amides is 2. The summed E-state index contributed by atoms with van der Waals surface area (Å²) in [6.07, 6.45) is 6.56. The molecule has 3 heterocycles. The molecule has 0 radical (unpaired) electrons. The van der Waals surface area contributed by atoms with Gasteiger partial charge in [0.25, 0.3) is 5.91 Å². The summed E-state index contributed by atoms with van der Waals surface area (Å²) in [6.45, 7) is 4.31. The molecule has 4 rings (SSSR count). The van der Waals surface area contributed by atoms with Gasteiger partial charge in [-0.05, 0) is 50.9 Å². The van der Waals surface area contributed by atoms with Gasteiger partial charge in [0, 0.05) is 19.1 Å². The molecule has 0 bridgehead atoms.